The normalized spacial score (nSPS) is 26.6. The van der Waals surface area contributed by atoms with Crippen LogP contribution in [0.25, 0.3) is 0 Å². The highest BCUT2D eigenvalue weighted by atomic mass is 16.3. The highest BCUT2D eigenvalue weighted by molar-refractivity contribution is 4.90. The van der Waals surface area contributed by atoms with E-state index >= 15 is 0 Å². The smallest absolute Gasteiger partial charge is 0.0798 e. The molecular formula is C16H33N3O. The molecule has 0 amide bonds. The average molecular weight is 283 g/mol. The topological polar surface area (TPSA) is 30.0 Å². The maximum atomic E-state index is 10.8. The summed E-state index contributed by atoms with van der Waals surface area (Å²) in [5.41, 5.74) is -0.453. The van der Waals surface area contributed by atoms with Gasteiger partial charge in [-0.05, 0) is 40.5 Å². The van der Waals surface area contributed by atoms with Crippen molar-refractivity contribution in [2.24, 2.45) is 0 Å². The molecule has 4 heteroatoms. The molecule has 20 heavy (non-hydrogen) atoms. The van der Waals surface area contributed by atoms with Crippen molar-refractivity contribution in [2.45, 2.75) is 58.2 Å². The quantitative estimate of drug-likeness (QED) is 0.841. The standard InChI is InChI=1S/C16H33N3O/c1-14(2)18-7-5-16(20,6-8-18)13-17-9-11-19(12-10-17)15(3)4/h14-15,20H,5-13H2,1-4H3. The molecule has 0 aromatic carbocycles. The van der Waals surface area contributed by atoms with E-state index in [2.05, 4.69) is 42.4 Å². The van der Waals surface area contributed by atoms with Gasteiger partial charge in [-0.1, -0.05) is 0 Å². The van der Waals surface area contributed by atoms with Gasteiger partial charge in [0.25, 0.3) is 0 Å². The average Bonchev–Trinajstić information content (AvgIpc) is 2.39. The molecule has 118 valence electrons. The van der Waals surface area contributed by atoms with E-state index in [0.29, 0.717) is 12.1 Å². The number of hydrogen-bond acceptors (Lipinski definition) is 4. The molecule has 2 aliphatic heterocycles. The summed E-state index contributed by atoms with van der Waals surface area (Å²) in [6.45, 7) is 16.5. The first kappa shape index (κ1) is 16.2. The van der Waals surface area contributed by atoms with Gasteiger partial charge in [-0.2, -0.15) is 0 Å². The van der Waals surface area contributed by atoms with Crippen LogP contribution in [0.2, 0.25) is 0 Å². The lowest BCUT2D eigenvalue weighted by molar-refractivity contribution is -0.0579. The molecule has 4 nitrogen and oxygen atoms in total. The Labute approximate surface area is 124 Å². The largest absolute Gasteiger partial charge is 0.388 e. The molecule has 2 heterocycles. The summed E-state index contributed by atoms with van der Waals surface area (Å²) in [5, 5.41) is 10.8. The van der Waals surface area contributed by atoms with Crippen LogP contribution in [0.3, 0.4) is 0 Å². The summed E-state index contributed by atoms with van der Waals surface area (Å²) in [5.74, 6) is 0. The van der Waals surface area contributed by atoms with Crippen molar-refractivity contribution in [3.05, 3.63) is 0 Å². The third kappa shape index (κ3) is 4.17. The summed E-state index contributed by atoms with van der Waals surface area (Å²) in [4.78, 5) is 7.47. The van der Waals surface area contributed by atoms with Gasteiger partial charge in [-0.25, -0.2) is 0 Å². The van der Waals surface area contributed by atoms with Crippen molar-refractivity contribution in [2.75, 3.05) is 45.8 Å². The highest BCUT2D eigenvalue weighted by Crippen LogP contribution is 2.25. The van der Waals surface area contributed by atoms with Crippen LogP contribution in [-0.2, 0) is 0 Å². The Morgan fingerprint density at radius 2 is 1.25 bits per heavy atom. The van der Waals surface area contributed by atoms with Crippen LogP contribution in [0.4, 0.5) is 0 Å². The first-order valence-electron chi connectivity index (χ1n) is 8.32. The first-order valence-corrected chi connectivity index (χ1v) is 8.32. The van der Waals surface area contributed by atoms with E-state index < -0.39 is 5.60 Å². The Bertz CT molecular complexity index is 290. The van der Waals surface area contributed by atoms with Crippen molar-refractivity contribution in [3.63, 3.8) is 0 Å². The van der Waals surface area contributed by atoms with Crippen LogP contribution in [0.15, 0.2) is 0 Å². The van der Waals surface area contributed by atoms with Crippen molar-refractivity contribution in [3.8, 4) is 0 Å². The number of hydrogen-bond donors (Lipinski definition) is 1. The zero-order valence-electron chi connectivity index (χ0n) is 13.8. The SMILES string of the molecule is CC(C)N1CCN(CC2(O)CCN(C(C)C)CC2)CC1. The molecule has 2 rings (SSSR count). The van der Waals surface area contributed by atoms with E-state index in [9.17, 15) is 5.11 Å². The molecule has 2 saturated heterocycles. The Kier molecular flexibility index (Phi) is 5.46. The third-order valence-electron chi connectivity index (χ3n) is 5.11. The second kappa shape index (κ2) is 6.73. The predicted octanol–water partition coefficient (Wildman–Crippen LogP) is 1.25. The molecule has 0 aromatic heterocycles. The zero-order valence-corrected chi connectivity index (χ0v) is 13.8. The van der Waals surface area contributed by atoms with Gasteiger partial charge in [-0.3, -0.25) is 9.80 Å². The van der Waals surface area contributed by atoms with Gasteiger partial charge in [0, 0.05) is 57.9 Å². The Morgan fingerprint density at radius 3 is 1.70 bits per heavy atom. The fourth-order valence-corrected chi connectivity index (χ4v) is 3.47. The fourth-order valence-electron chi connectivity index (χ4n) is 3.47. The second-order valence-electron chi connectivity index (χ2n) is 7.26. The van der Waals surface area contributed by atoms with E-state index in [1.54, 1.807) is 0 Å². The van der Waals surface area contributed by atoms with Gasteiger partial charge >= 0.3 is 0 Å². The van der Waals surface area contributed by atoms with Crippen LogP contribution in [0.1, 0.15) is 40.5 Å². The number of aliphatic hydroxyl groups is 1. The highest BCUT2D eigenvalue weighted by Gasteiger charge is 2.35. The molecular weight excluding hydrogens is 250 g/mol. The minimum atomic E-state index is -0.453. The lowest BCUT2D eigenvalue weighted by Gasteiger charge is -2.44. The predicted molar refractivity (Wildman–Crippen MR) is 84.0 cm³/mol. The summed E-state index contributed by atoms with van der Waals surface area (Å²) in [6.07, 6.45) is 1.85. The van der Waals surface area contributed by atoms with Crippen molar-refractivity contribution in [1.29, 1.82) is 0 Å². The molecule has 0 aliphatic carbocycles. The van der Waals surface area contributed by atoms with Gasteiger partial charge in [0.2, 0.25) is 0 Å². The summed E-state index contributed by atoms with van der Waals surface area (Å²) < 4.78 is 0. The monoisotopic (exact) mass is 283 g/mol. The third-order valence-corrected chi connectivity index (χ3v) is 5.11. The lowest BCUT2D eigenvalue weighted by Crippen LogP contribution is -2.56. The van der Waals surface area contributed by atoms with Gasteiger partial charge in [0.1, 0.15) is 0 Å². The van der Waals surface area contributed by atoms with E-state index in [4.69, 9.17) is 0 Å². The van der Waals surface area contributed by atoms with Crippen molar-refractivity contribution in [1.82, 2.24) is 14.7 Å². The van der Waals surface area contributed by atoms with Gasteiger partial charge < -0.3 is 10.0 Å². The summed E-state index contributed by atoms with van der Waals surface area (Å²) in [6, 6.07) is 1.25. The van der Waals surface area contributed by atoms with Crippen molar-refractivity contribution < 1.29 is 5.11 Å². The molecule has 0 radical (unpaired) electrons. The van der Waals surface area contributed by atoms with E-state index in [1.165, 1.54) is 0 Å². The van der Waals surface area contributed by atoms with Crippen LogP contribution < -0.4 is 0 Å². The summed E-state index contributed by atoms with van der Waals surface area (Å²) in [7, 11) is 0. The second-order valence-corrected chi connectivity index (χ2v) is 7.26. The molecule has 2 fully saturated rings. The molecule has 0 bridgehead atoms. The van der Waals surface area contributed by atoms with Crippen LogP contribution >= 0.6 is 0 Å². The molecule has 0 atom stereocenters. The fraction of sp³-hybridized carbons (Fsp3) is 1.00. The number of piperidine rings is 1. The first-order chi connectivity index (χ1) is 9.39. The number of nitrogens with zero attached hydrogens (tertiary/aromatic N) is 3. The molecule has 2 aliphatic rings. The summed E-state index contributed by atoms with van der Waals surface area (Å²) >= 11 is 0. The molecule has 0 spiro atoms. The van der Waals surface area contributed by atoms with Gasteiger partial charge in [-0.15, -0.1) is 0 Å². The van der Waals surface area contributed by atoms with E-state index in [0.717, 1.165) is 58.7 Å². The Balaban J connectivity index is 1.77. The minimum absolute atomic E-state index is 0.453. The minimum Gasteiger partial charge on any atom is -0.388 e. The molecule has 0 aromatic rings. The Morgan fingerprint density at radius 1 is 0.800 bits per heavy atom. The lowest BCUT2D eigenvalue weighted by atomic mass is 9.90. The van der Waals surface area contributed by atoms with Gasteiger partial charge in [0.15, 0.2) is 0 Å². The van der Waals surface area contributed by atoms with Gasteiger partial charge in [0.05, 0.1) is 5.60 Å². The molecule has 0 unspecified atom stereocenters. The number of β-amino-alcohol motifs (C(OH)–C–C–N with tert-alkyl or cyclic N) is 1. The molecule has 1 N–H and O–H groups in total. The molecule has 0 saturated carbocycles. The maximum absolute atomic E-state index is 10.8. The maximum Gasteiger partial charge on any atom is 0.0798 e. The van der Waals surface area contributed by atoms with Crippen LogP contribution in [-0.4, -0.2) is 83.3 Å². The zero-order chi connectivity index (χ0) is 14.8. The van der Waals surface area contributed by atoms with Crippen molar-refractivity contribution >= 4 is 0 Å². The number of rotatable bonds is 4. The number of piperazine rings is 1. The van der Waals surface area contributed by atoms with Crippen LogP contribution in [0.5, 0.6) is 0 Å². The van der Waals surface area contributed by atoms with E-state index in [1.807, 2.05) is 0 Å². The van der Waals surface area contributed by atoms with Crippen LogP contribution in [0, 0.1) is 0 Å². The Hall–Kier alpha value is -0.160. The van der Waals surface area contributed by atoms with E-state index in [-0.39, 0.29) is 0 Å². The number of likely N-dealkylation sites (tertiary alicyclic amines) is 1.